The summed E-state index contributed by atoms with van der Waals surface area (Å²) >= 11 is 3.22. The summed E-state index contributed by atoms with van der Waals surface area (Å²) in [5.74, 6) is 0. The van der Waals surface area contributed by atoms with Crippen molar-refractivity contribution in [2.45, 2.75) is 65.7 Å². The van der Waals surface area contributed by atoms with Crippen LogP contribution in [-0.4, -0.2) is 18.1 Å². The van der Waals surface area contributed by atoms with Crippen molar-refractivity contribution < 1.29 is 0 Å². The third kappa shape index (κ3) is 7.06. The first-order valence-corrected chi connectivity index (χ1v) is 12.5. The molecule has 0 saturated carbocycles. The number of nitriles is 2. The molecule has 31 heavy (non-hydrogen) atoms. The highest BCUT2D eigenvalue weighted by Crippen LogP contribution is 2.28. The van der Waals surface area contributed by atoms with E-state index in [9.17, 15) is 10.5 Å². The topological polar surface area (TPSA) is 63.7 Å². The molecular formula is C25H32N4S2. The van der Waals surface area contributed by atoms with E-state index < -0.39 is 0 Å². The molecule has 2 aromatic heterocycles. The fourth-order valence-electron chi connectivity index (χ4n) is 3.07. The fourth-order valence-corrected chi connectivity index (χ4v) is 5.18. The zero-order valence-corrected chi connectivity index (χ0v) is 20.9. The first-order chi connectivity index (χ1) is 14.8. The average Bonchev–Trinajstić information content (AvgIpc) is 3.37. The Bertz CT molecular complexity index is 1060. The smallest absolute Gasteiger partial charge is 0.165 e. The number of hydrogen-bond donors (Lipinski definition) is 0. The van der Waals surface area contributed by atoms with Crippen molar-refractivity contribution in [2.75, 3.05) is 18.0 Å². The van der Waals surface area contributed by atoms with Crippen molar-refractivity contribution in [3.63, 3.8) is 0 Å². The second-order valence-corrected chi connectivity index (χ2v) is 10.6. The molecule has 0 N–H and O–H groups in total. The number of thiophene rings is 1. The normalized spacial score (nSPS) is 12.2. The molecule has 6 heteroatoms. The van der Waals surface area contributed by atoms with Gasteiger partial charge in [0.15, 0.2) is 5.57 Å². The number of rotatable bonds is 9. The van der Waals surface area contributed by atoms with E-state index in [1.54, 1.807) is 0 Å². The molecule has 0 aromatic carbocycles. The minimum absolute atomic E-state index is 0.0706. The molecule has 0 radical (unpaired) electrons. The third-order valence-corrected chi connectivity index (χ3v) is 6.95. The van der Waals surface area contributed by atoms with E-state index in [0.29, 0.717) is 4.66 Å². The highest BCUT2D eigenvalue weighted by atomic mass is 32.1. The molecule has 0 atom stereocenters. The van der Waals surface area contributed by atoms with E-state index in [2.05, 4.69) is 62.7 Å². The summed E-state index contributed by atoms with van der Waals surface area (Å²) in [6.45, 7) is 13.0. The summed E-state index contributed by atoms with van der Waals surface area (Å²) in [5.41, 5.74) is 0.818. The monoisotopic (exact) mass is 452 g/mol. The van der Waals surface area contributed by atoms with Gasteiger partial charge in [-0.3, -0.25) is 0 Å². The minimum Gasteiger partial charge on any atom is -0.363 e. The summed E-state index contributed by atoms with van der Waals surface area (Å²) in [6.07, 6.45) is 11.1. The van der Waals surface area contributed by atoms with E-state index >= 15 is 0 Å². The van der Waals surface area contributed by atoms with Crippen LogP contribution in [0.4, 0.5) is 5.00 Å². The molecule has 2 heterocycles. The fraction of sp³-hybridized carbons (Fsp3) is 0.480. The van der Waals surface area contributed by atoms with Gasteiger partial charge in [-0.25, -0.2) is 4.98 Å². The Morgan fingerprint density at radius 1 is 1.06 bits per heavy atom. The van der Waals surface area contributed by atoms with E-state index in [4.69, 9.17) is 0 Å². The number of hydrogen-bond acceptors (Lipinski definition) is 6. The van der Waals surface area contributed by atoms with Crippen LogP contribution in [0.5, 0.6) is 0 Å². The van der Waals surface area contributed by atoms with Crippen molar-refractivity contribution in [3.05, 3.63) is 38.0 Å². The maximum Gasteiger partial charge on any atom is 0.165 e. The Labute approximate surface area is 194 Å². The van der Waals surface area contributed by atoms with Gasteiger partial charge < -0.3 is 4.90 Å². The predicted octanol–water partition coefficient (Wildman–Crippen LogP) is 5.60. The van der Waals surface area contributed by atoms with Crippen LogP contribution in [-0.2, 0) is 5.41 Å². The summed E-state index contributed by atoms with van der Waals surface area (Å²) in [5, 5.41) is 19.7. The second-order valence-electron chi connectivity index (χ2n) is 8.48. The molecule has 0 aliphatic rings. The molecule has 0 spiro atoms. The Morgan fingerprint density at radius 2 is 1.71 bits per heavy atom. The first kappa shape index (κ1) is 24.9. The largest absolute Gasteiger partial charge is 0.363 e. The zero-order chi connectivity index (χ0) is 22.9. The van der Waals surface area contributed by atoms with Crippen molar-refractivity contribution in [2.24, 2.45) is 0 Å². The van der Waals surface area contributed by atoms with Crippen LogP contribution in [0.3, 0.4) is 0 Å². The molecule has 0 aliphatic heterocycles. The zero-order valence-electron chi connectivity index (χ0n) is 19.2. The molecule has 0 amide bonds. The molecule has 2 rings (SSSR count). The molecule has 0 aliphatic carbocycles. The molecule has 0 fully saturated rings. The number of thiazole rings is 1. The quantitative estimate of drug-likeness (QED) is 0.497. The predicted molar refractivity (Wildman–Crippen MR) is 135 cm³/mol. The first-order valence-electron chi connectivity index (χ1n) is 10.9. The molecular weight excluding hydrogens is 420 g/mol. The van der Waals surface area contributed by atoms with Gasteiger partial charge in [-0.1, -0.05) is 53.5 Å². The molecule has 164 valence electrons. The SMILES string of the molecule is CCCCN(CCCC)c1ccc(/C=C/C=c2/sc(=C(C#N)C#N)nc2C(C)(C)C)s1. The summed E-state index contributed by atoms with van der Waals surface area (Å²) in [4.78, 5) is 8.32. The highest BCUT2D eigenvalue weighted by Gasteiger charge is 2.19. The number of aromatic nitrogens is 1. The summed E-state index contributed by atoms with van der Waals surface area (Å²) in [6, 6.07) is 8.31. The molecule has 0 unspecified atom stereocenters. The maximum atomic E-state index is 9.19. The van der Waals surface area contributed by atoms with Gasteiger partial charge in [-0.2, -0.15) is 10.5 Å². The van der Waals surface area contributed by atoms with E-state index in [1.165, 1.54) is 46.9 Å². The minimum atomic E-state index is -0.167. The molecule has 2 aromatic rings. The van der Waals surface area contributed by atoms with Gasteiger partial charge in [0, 0.05) is 23.4 Å². The van der Waals surface area contributed by atoms with E-state index in [-0.39, 0.29) is 11.0 Å². The van der Waals surface area contributed by atoms with Crippen LogP contribution in [0.25, 0.3) is 17.7 Å². The lowest BCUT2D eigenvalue weighted by Gasteiger charge is -2.22. The van der Waals surface area contributed by atoms with Crippen molar-refractivity contribution in [1.82, 2.24) is 4.98 Å². The second kappa shape index (κ2) is 11.8. The van der Waals surface area contributed by atoms with Crippen LogP contribution < -0.4 is 14.1 Å². The molecule has 0 bridgehead atoms. The number of anilines is 1. The molecule has 0 saturated heterocycles. The number of nitrogens with zero attached hydrogens (tertiary/aromatic N) is 4. The maximum absolute atomic E-state index is 9.19. The standard InChI is InChI=1S/C25H32N4S2/c1-6-8-15-29(16-9-7-2)22-14-13-20(30-22)11-10-12-21-23(25(3,4)5)28-24(31-21)19(17-26)18-27/h10-14H,6-9,15-16H2,1-5H3/b11-10+,21-12+. The lowest BCUT2D eigenvalue weighted by molar-refractivity contribution is 0.568. The van der Waals surface area contributed by atoms with Crippen LogP contribution >= 0.6 is 22.7 Å². The number of unbranched alkanes of at least 4 members (excludes halogenated alkanes) is 2. The van der Waals surface area contributed by atoms with Crippen LogP contribution in [0.2, 0.25) is 0 Å². The van der Waals surface area contributed by atoms with Gasteiger partial charge in [0.05, 0.1) is 15.2 Å². The molecule has 4 nitrogen and oxygen atoms in total. The highest BCUT2D eigenvalue weighted by molar-refractivity contribution is 7.16. The van der Waals surface area contributed by atoms with Gasteiger partial charge in [-0.05, 0) is 37.1 Å². The van der Waals surface area contributed by atoms with Gasteiger partial charge in [0.1, 0.15) is 16.8 Å². The van der Waals surface area contributed by atoms with Gasteiger partial charge in [0.2, 0.25) is 0 Å². The van der Waals surface area contributed by atoms with Crippen molar-refractivity contribution in [3.8, 4) is 12.1 Å². The van der Waals surface area contributed by atoms with Gasteiger partial charge >= 0.3 is 0 Å². The lowest BCUT2D eigenvalue weighted by atomic mass is 9.92. The number of allylic oxidation sites excluding steroid dienone is 1. The Balaban J connectivity index is 2.32. The van der Waals surface area contributed by atoms with Crippen molar-refractivity contribution in [1.29, 1.82) is 10.5 Å². The van der Waals surface area contributed by atoms with Crippen LogP contribution in [0.15, 0.2) is 18.2 Å². The van der Waals surface area contributed by atoms with Crippen LogP contribution in [0.1, 0.15) is 70.9 Å². The Morgan fingerprint density at radius 3 is 2.26 bits per heavy atom. The summed E-state index contributed by atoms with van der Waals surface area (Å²) < 4.78 is 1.49. The van der Waals surface area contributed by atoms with E-state index in [1.807, 2.05) is 35.6 Å². The third-order valence-electron chi connectivity index (χ3n) is 4.80. The van der Waals surface area contributed by atoms with E-state index in [0.717, 1.165) is 23.3 Å². The Hall–Kier alpha value is -2.41. The van der Waals surface area contributed by atoms with Crippen LogP contribution in [0, 0.1) is 22.7 Å². The average molecular weight is 453 g/mol. The summed E-state index contributed by atoms with van der Waals surface area (Å²) in [7, 11) is 0. The van der Waals surface area contributed by atoms with Gasteiger partial charge in [-0.15, -0.1) is 22.7 Å². The lowest BCUT2D eigenvalue weighted by Crippen LogP contribution is -2.24. The van der Waals surface area contributed by atoms with Crippen molar-refractivity contribution >= 4 is 45.4 Å². The van der Waals surface area contributed by atoms with Gasteiger partial charge in [0.25, 0.3) is 0 Å². The Kier molecular flexibility index (Phi) is 9.49.